The van der Waals surface area contributed by atoms with Gasteiger partial charge < -0.3 is 5.11 Å². The molecule has 1 heterocycles. The number of carboxylic acid groups (broad SMARTS) is 1. The molecule has 0 saturated heterocycles. The number of benzene rings is 2. The largest absolute Gasteiger partial charge is 0.478 e. The Bertz CT molecular complexity index is 889. The minimum atomic E-state index is -0.998. The molecular weight excluding hydrogens is 321 g/mol. The van der Waals surface area contributed by atoms with Crippen molar-refractivity contribution in [2.75, 3.05) is 0 Å². The Morgan fingerprint density at radius 3 is 2.32 bits per heavy atom. The van der Waals surface area contributed by atoms with Gasteiger partial charge >= 0.3 is 5.97 Å². The van der Waals surface area contributed by atoms with Gasteiger partial charge in [0.15, 0.2) is 0 Å². The molecule has 5 heteroatoms. The lowest BCUT2D eigenvalue weighted by atomic mass is 9.98. The Labute approximate surface area is 137 Å². The maximum Gasteiger partial charge on any atom is 0.336 e. The van der Waals surface area contributed by atoms with Crippen LogP contribution in [0.2, 0.25) is 10.0 Å². The van der Waals surface area contributed by atoms with Gasteiger partial charge in [-0.1, -0.05) is 35.3 Å². The average molecular weight is 332 g/mol. The molecule has 3 rings (SSSR count). The van der Waals surface area contributed by atoms with E-state index in [-0.39, 0.29) is 5.56 Å². The Balaban J connectivity index is 2.37. The number of carboxylic acids is 1. The predicted molar refractivity (Wildman–Crippen MR) is 88.9 cm³/mol. The number of pyridine rings is 1. The van der Waals surface area contributed by atoms with Crippen LogP contribution in [-0.4, -0.2) is 16.1 Å². The molecule has 0 unspecified atom stereocenters. The van der Waals surface area contributed by atoms with Crippen molar-refractivity contribution in [1.29, 1.82) is 0 Å². The van der Waals surface area contributed by atoms with Crippen LogP contribution in [0.4, 0.5) is 0 Å². The molecule has 3 nitrogen and oxygen atoms in total. The van der Waals surface area contributed by atoms with Crippen LogP contribution < -0.4 is 0 Å². The highest BCUT2D eigenvalue weighted by molar-refractivity contribution is 6.31. The number of rotatable bonds is 2. The summed E-state index contributed by atoms with van der Waals surface area (Å²) in [4.78, 5) is 16.3. The monoisotopic (exact) mass is 331 g/mol. The van der Waals surface area contributed by atoms with Crippen LogP contribution in [0.1, 0.15) is 15.9 Å². The molecule has 0 radical (unpaired) electrons. The molecule has 0 atom stereocenters. The van der Waals surface area contributed by atoms with Crippen LogP contribution in [0.15, 0.2) is 42.5 Å². The lowest BCUT2D eigenvalue weighted by molar-refractivity contribution is 0.0698. The normalized spacial score (nSPS) is 10.9. The summed E-state index contributed by atoms with van der Waals surface area (Å²) >= 11 is 11.9. The second-order valence-electron chi connectivity index (χ2n) is 4.93. The van der Waals surface area contributed by atoms with Crippen LogP contribution in [0.5, 0.6) is 0 Å². The molecule has 3 aromatic rings. The van der Waals surface area contributed by atoms with E-state index in [9.17, 15) is 9.90 Å². The molecule has 1 aromatic heterocycles. The van der Waals surface area contributed by atoms with Gasteiger partial charge in [-0.2, -0.15) is 0 Å². The third-order valence-electron chi connectivity index (χ3n) is 3.52. The fourth-order valence-electron chi connectivity index (χ4n) is 2.50. The van der Waals surface area contributed by atoms with Gasteiger partial charge in [0.05, 0.1) is 16.8 Å². The van der Waals surface area contributed by atoms with Gasteiger partial charge in [0.2, 0.25) is 0 Å². The summed E-state index contributed by atoms with van der Waals surface area (Å²) in [5.74, 6) is -0.998. The molecule has 2 aromatic carbocycles. The van der Waals surface area contributed by atoms with E-state index in [0.717, 1.165) is 5.56 Å². The molecule has 0 aliphatic carbocycles. The van der Waals surface area contributed by atoms with Gasteiger partial charge in [-0.15, -0.1) is 0 Å². The number of hydrogen-bond donors (Lipinski definition) is 1. The number of halogens is 2. The van der Waals surface area contributed by atoms with Crippen LogP contribution in [-0.2, 0) is 0 Å². The first kappa shape index (κ1) is 14.8. The highest BCUT2D eigenvalue weighted by Crippen LogP contribution is 2.31. The van der Waals surface area contributed by atoms with Crippen molar-refractivity contribution < 1.29 is 9.90 Å². The number of fused-ring (bicyclic) bond motifs is 1. The first-order valence-electron chi connectivity index (χ1n) is 6.56. The van der Waals surface area contributed by atoms with Crippen molar-refractivity contribution in [2.45, 2.75) is 6.92 Å². The zero-order chi connectivity index (χ0) is 15.9. The minimum absolute atomic E-state index is 0.220. The van der Waals surface area contributed by atoms with Crippen molar-refractivity contribution in [3.8, 4) is 11.3 Å². The molecule has 0 spiro atoms. The summed E-state index contributed by atoms with van der Waals surface area (Å²) in [6, 6.07) is 12.2. The fraction of sp³-hybridized carbons (Fsp3) is 0.0588. The number of hydrogen-bond acceptors (Lipinski definition) is 2. The fourth-order valence-corrected chi connectivity index (χ4v) is 2.79. The van der Waals surface area contributed by atoms with E-state index in [4.69, 9.17) is 23.2 Å². The lowest BCUT2D eigenvalue weighted by Gasteiger charge is -2.12. The van der Waals surface area contributed by atoms with Gasteiger partial charge in [0.1, 0.15) is 0 Å². The first-order chi connectivity index (χ1) is 10.5. The molecule has 0 amide bonds. The zero-order valence-corrected chi connectivity index (χ0v) is 13.1. The number of carbonyl (C=O) groups is 1. The van der Waals surface area contributed by atoms with Crippen LogP contribution in [0.3, 0.4) is 0 Å². The highest BCUT2D eigenvalue weighted by Gasteiger charge is 2.18. The van der Waals surface area contributed by atoms with E-state index < -0.39 is 5.97 Å². The van der Waals surface area contributed by atoms with Gasteiger partial charge in [0.25, 0.3) is 0 Å². The summed E-state index contributed by atoms with van der Waals surface area (Å²) in [6.07, 6.45) is 0. The Morgan fingerprint density at radius 1 is 1.05 bits per heavy atom. The van der Waals surface area contributed by atoms with Gasteiger partial charge in [-0.05, 0) is 42.8 Å². The van der Waals surface area contributed by atoms with E-state index in [2.05, 4.69) is 4.98 Å². The number of aromatic carboxylic acids is 1. The van der Waals surface area contributed by atoms with Gasteiger partial charge in [-0.25, -0.2) is 9.78 Å². The quantitative estimate of drug-likeness (QED) is 0.700. The second kappa shape index (κ2) is 5.59. The second-order valence-corrected chi connectivity index (χ2v) is 5.81. The molecule has 110 valence electrons. The van der Waals surface area contributed by atoms with E-state index in [1.807, 2.05) is 12.1 Å². The Kier molecular flexibility index (Phi) is 3.77. The first-order valence-corrected chi connectivity index (χ1v) is 7.32. The van der Waals surface area contributed by atoms with Crippen LogP contribution >= 0.6 is 23.2 Å². The topological polar surface area (TPSA) is 50.2 Å². The number of nitrogens with zero attached hydrogens (tertiary/aromatic N) is 1. The Hall–Kier alpha value is -2.10. The summed E-state index contributed by atoms with van der Waals surface area (Å²) in [6.45, 7) is 1.75. The van der Waals surface area contributed by atoms with Crippen molar-refractivity contribution in [3.05, 3.63) is 63.6 Å². The van der Waals surface area contributed by atoms with Crippen molar-refractivity contribution in [3.63, 3.8) is 0 Å². The lowest BCUT2D eigenvalue weighted by Crippen LogP contribution is -2.05. The molecule has 22 heavy (non-hydrogen) atoms. The van der Waals surface area contributed by atoms with Crippen molar-refractivity contribution >= 4 is 40.1 Å². The summed E-state index contributed by atoms with van der Waals surface area (Å²) in [5.41, 5.74) is 2.87. The third-order valence-corrected chi connectivity index (χ3v) is 4.01. The minimum Gasteiger partial charge on any atom is -0.478 e. The van der Waals surface area contributed by atoms with Gasteiger partial charge in [0, 0.05) is 21.0 Å². The molecule has 0 bridgehead atoms. The standard InChI is InChI=1S/C17H11Cl2NO2/c1-9-15(17(21)22)13-8-12(19)6-7-14(13)20-16(9)10-2-4-11(18)5-3-10/h2-8H,1H3,(H,21,22). The maximum atomic E-state index is 11.7. The van der Waals surface area contributed by atoms with E-state index in [1.54, 1.807) is 37.3 Å². The molecule has 0 aliphatic heterocycles. The molecular formula is C17H11Cl2NO2. The van der Waals surface area contributed by atoms with E-state index >= 15 is 0 Å². The SMILES string of the molecule is Cc1c(-c2ccc(Cl)cc2)nc2ccc(Cl)cc2c1C(=O)O. The Morgan fingerprint density at radius 2 is 1.68 bits per heavy atom. The molecule has 0 fully saturated rings. The van der Waals surface area contributed by atoms with Gasteiger partial charge in [-0.3, -0.25) is 0 Å². The summed E-state index contributed by atoms with van der Waals surface area (Å²) < 4.78 is 0. The number of aromatic nitrogens is 1. The van der Waals surface area contributed by atoms with E-state index in [1.165, 1.54) is 0 Å². The van der Waals surface area contributed by atoms with Crippen LogP contribution in [0, 0.1) is 6.92 Å². The predicted octanol–water partition coefficient (Wildman–Crippen LogP) is 5.22. The zero-order valence-electron chi connectivity index (χ0n) is 11.6. The summed E-state index contributed by atoms with van der Waals surface area (Å²) in [7, 11) is 0. The van der Waals surface area contributed by atoms with Crippen molar-refractivity contribution in [1.82, 2.24) is 4.98 Å². The maximum absolute atomic E-state index is 11.7. The molecule has 0 saturated carbocycles. The van der Waals surface area contributed by atoms with E-state index in [0.29, 0.717) is 32.2 Å². The smallest absolute Gasteiger partial charge is 0.336 e. The van der Waals surface area contributed by atoms with Crippen LogP contribution in [0.25, 0.3) is 22.2 Å². The third kappa shape index (κ3) is 2.54. The molecule has 0 aliphatic rings. The van der Waals surface area contributed by atoms with Crippen molar-refractivity contribution in [2.24, 2.45) is 0 Å². The highest BCUT2D eigenvalue weighted by atomic mass is 35.5. The molecule has 1 N–H and O–H groups in total. The summed E-state index contributed by atoms with van der Waals surface area (Å²) in [5, 5.41) is 11.2. The average Bonchev–Trinajstić information content (AvgIpc) is 2.47.